The predicted octanol–water partition coefficient (Wildman–Crippen LogP) is -0.510. The van der Waals surface area contributed by atoms with Gasteiger partial charge in [-0.2, -0.15) is 0 Å². The van der Waals surface area contributed by atoms with Crippen LogP contribution in [0.5, 0.6) is 0 Å². The van der Waals surface area contributed by atoms with Crippen LogP contribution < -0.4 is 21.1 Å². The molecular weight excluding hydrogens is 292 g/mol. The SMILES string of the molecule is C[NH+](C)CCNC(=S)NNC(=O)c1cc2c(s1)CCC2. The summed E-state index contributed by atoms with van der Waals surface area (Å²) in [5.74, 6) is -0.119. The Morgan fingerprint density at radius 3 is 2.90 bits per heavy atom. The van der Waals surface area contributed by atoms with Crippen LogP contribution in [0.1, 0.15) is 26.5 Å². The summed E-state index contributed by atoms with van der Waals surface area (Å²) in [7, 11) is 4.16. The van der Waals surface area contributed by atoms with E-state index in [4.69, 9.17) is 12.2 Å². The number of quaternary nitrogens is 1. The maximum Gasteiger partial charge on any atom is 0.279 e. The molecule has 1 aliphatic rings. The minimum atomic E-state index is -0.119. The van der Waals surface area contributed by atoms with E-state index < -0.39 is 0 Å². The summed E-state index contributed by atoms with van der Waals surface area (Å²) in [6, 6.07) is 2.00. The minimum absolute atomic E-state index is 0.119. The molecular formula is C13H21N4OS2+. The van der Waals surface area contributed by atoms with E-state index in [0.717, 1.165) is 30.8 Å². The summed E-state index contributed by atoms with van der Waals surface area (Å²) in [6.07, 6.45) is 3.41. The lowest BCUT2D eigenvalue weighted by Gasteiger charge is -2.12. The second-order valence-electron chi connectivity index (χ2n) is 5.20. The molecule has 0 bridgehead atoms. The number of rotatable bonds is 4. The van der Waals surface area contributed by atoms with Crippen molar-refractivity contribution in [2.24, 2.45) is 0 Å². The number of nitrogens with one attached hydrogen (secondary N) is 4. The Morgan fingerprint density at radius 2 is 2.20 bits per heavy atom. The maximum atomic E-state index is 12.0. The lowest BCUT2D eigenvalue weighted by atomic mass is 10.2. The van der Waals surface area contributed by atoms with E-state index in [1.54, 1.807) is 11.3 Å². The Morgan fingerprint density at radius 1 is 1.40 bits per heavy atom. The monoisotopic (exact) mass is 313 g/mol. The number of likely N-dealkylation sites (N-methyl/N-ethyl adjacent to an activating group) is 1. The molecule has 0 saturated heterocycles. The van der Waals surface area contributed by atoms with E-state index in [1.807, 2.05) is 6.07 Å². The van der Waals surface area contributed by atoms with Crippen LogP contribution in [0.3, 0.4) is 0 Å². The van der Waals surface area contributed by atoms with Crippen LogP contribution >= 0.6 is 23.6 Å². The highest BCUT2D eigenvalue weighted by Gasteiger charge is 2.18. The first-order chi connectivity index (χ1) is 9.56. The molecule has 110 valence electrons. The Labute approximate surface area is 128 Å². The molecule has 20 heavy (non-hydrogen) atoms. The van der Waals surface area contributed by atoms with E-state index in [1.165, 1.54) is 21.8 Å². The molecule has 7 heteroatoms. The highest BCUT2D eigenvalue weighted by atomic mass is 32.1. The van der Waals surface area contributed by atoms with Gasteiger partial charge in [-0.3, -0.25) is 15.6 Å². The zero-order valence-corrected chi connectivity index (χ0v) is 13.5. The Kier molecular flexibility index (Phi) is 5.33. The number of thiocarbonyl (C=S) groups is 1. The molecule has 5 nitrogen and oxygen atoms in total. The summed E-state index contributed by atoms with van der Waals surface area (Å²) >= 11 is 6.68. The van der Waals surface area contributed by atoms with Gasteiger partial charge in [0.1, 0.15) is 0 Å². The fraction of sp³-hybridized carbons (Fsp3) is 0.538. The van der Waals surface area contributed by atoms with Gasteiger partial charge in [-0.25, -0.2) is 0 Å². The molecule has 0 radical (unpaired) electrons. The van der Waals surface area contributed by atoms with E-state index in [2.05, 4.69) is 30.3 Å². The zero-order valence-electron chi connectivity index (χ0n) is 11.8. The second kappa shape index (κ2) is 7.01. The topological polar surface area (TPSA) is 57.6 Å². The van der Waals surface area contributed by atoms with Crippen molar-refractivity contribution in [1.29, 1.82) is 0 Å². The molecule has 1 aromatic heterocycles. The lowest BCUT2D eigenvalue weighted by molar-refractivity contribution is -0.856. The number of hydrogen-bond acceptors (Lipinski definition) is 3. The molecule has 0 saturated carbocycles. The first-order valence-corrected chi connectivity index (χ1v) is 8.03. The van der Waals surface area contributed by atoms with Crippen LogP contribution in [-0.2, 0) is 12.8 Å². The fourth-order valence-electron chi connectivity index (χ4n) is 2.09. The summed E-state index contributed by atoms with van der Waals surface area (Å²) in [6.45, 7) is 1.74. The molecule has 0 aliphatic heterocycles. The van der Waals surface area contributed by atoms with E-state index in [0.29, 0.717) is 5.11 Å². The van der Waals surface area contributed by atoms with Crippen LogP contribution in [-0.4, -0.2) is 38.2 Å². The van der Waals surface area contributed by atoms with Crippen molar-refractivity contribution in [3.05, 3.63) is 21.4 Å². The smallest absolute Gasteiger partial charge is 0.279 e. The minimum Gasteiger partial charge on any atom is -0.356 e. The van der Waals surface area contributed by atoms with Crippen molar-refractivity contribution < 1.29 is 9.69 Å². The number of fused-ring (bicyclic) bond motifs is 1. The van der Waals surface area contributed by atoms with Gasteiger partial charge in [0.15, 0.2) is 5.11 Å². The van der Waals surface area contributed by atoms with Crippen molar-refractivity contribution in [1.82, 2.24) is 16.2 Å². The van der Waals surface area contributed by atoms with Gasteiger partial charge in [0, 0.05) is 4.88 Å². The van der Waals surface area contributed by atoms with Crippen molar-refractivity contribution in [3.8, 4) is 0 Å². The first kappa shape index (κ1) is 15.2. The van der Waals surface area contributed by atoms with Gasteiger partial charge in [-0.05, 0) is 43.1 Å². The van der Waals surface area contributed by atoms with E-state index in [9.17, 15) is 4.79 Å². The molecule has 1 heterocycles. The standard InChI is InChI=1S/C13H20N4OS2/c1-17(2)7-6-14-13(19)16-15-12(18)11-8-9-4-3-5-10(9)20-11/h8H,3-7H2,1-2H3,(H,15,18)(H2,14,16,19)/p+1. The second-order valence-corrected chi connectivity index (χ2v) is 6.75. The molecule has 0 spiro atoms. The average molecular weight is 313 g/mol. The van der Waals surface area contributed by atoms with Crippen LogP contribution in [0.2, 0.25) is 0 Å². The van der Waals surface area contributed by atoms with Gasteiger partial charge in [0.25, 0.3) is 5.91 Å². The summed E-state index contributed by atoms with van der Waals surface area (Å²) < 4.78 is 0. The van der Waals surface area contributed by atoms with Crippen molar-refractivity contribution in [2.75, 3.05) is 27.2 Å². The molecule has 1 amide bonds. The van der Waals surface area contributed by atoms with Gasteiger partial charge in [0.2, 0.25) is 0 Å². The van der Waals surface area contributed by atoms with Gasteiger partial charge in [0.05, 0.1) is 32.1 Å². The van der Waals surface area contributed by atoms with Crippen molar-refractivity contribution in [2.45, 2.75) is 19.3 Å². The van der Waals surface area contributed by atoms with Crippen molar-refractivity contribution >= 4 is 34.6 Å². The third kappa shape index (κ3) is 4.16. The van der Waals surface area contributed by atoms with E-state index >= 15 is 0 Å². The Hall–Kier alpha value is -1.18. The number of hydrogen-bond donors (Lipinski definition) is 4. The molecule has 0 aromatic carbocycles. The number of carbonyl (C=O) groups excluding carboxylic acids is 1. The van der Waals surface area contributed by atoms with Gasteiger partial charge < -0.3 is 10.2 Å². The maximum absolute atomic E-state index is 12.0. The van der Waals surface area contributed by atoms with Gasteiger partial charge in [-0.15, -0.1) is 11.3 Å². The third-order valence-corrected chi connectivity index (χ3v) is 4.65. The van der Waals surface area contributed by atoms with Crippen LogP contribution in [0.4, 0.5) is 0 Å². The van der Waals surface area contributed by atoms with Crippen LogP contribution in [0, 0.1) is 0 Å². The number of aryl methyl sites for hydroxylation is 2. The highest BCUT2D eigenvalue weighted by molar-refractivity contribution is 7.80. The Balaban J connectivity index is 1.73. The molecule has 0 unspecified atom stereocenters. The van der Waals surface area contributed by atoms with E-state index in [-0.39, 0.29) is 5.91 Å². The summed E-state index contributed by atoms with van der Waals surface area (Å²) in [5.41, 5.74) is 6.70. The Bertz CT molecular complexity index is 477. The molecule has 2 rings (SSSR count). The molecule has 0 atom stereocenters. The number of hydrazine groups is 1. The third-order valence-electron chi connectivity index (χ3n) is 3.17. The zero-order chi connectivity index (χ0) is 14.5. The molecule has 4 N–H and O–H groups in total. The highest BCUT2D eigenvalue weighted by Crippen LogP contribution is 2.30. The largest absolute Gasteiger partial charge is 0.356 e. The molecule has 1 aromatic rings. The lowest BCUT2D eigenvalue weighted by Crippen LogP contribution is -3.06. The van der Waals surface area contributed by atoms with Crippen LogP contribution in [0.25, 0.3) is 0 Å². The van der Waals surface area contributed by atoms with Gasteiger partial charge >= 0.3 is 0 Å². The first-order valence-electron chi connectivity index (χ1n) is 6.81. The van der Waals surface area contributed by atoms with Gasteiger partial charge in [-0.1, -0.05) is 0 Å². The van der Waals surface area contributed by atoms with Crippen molar-refractivity contribution in [3.63, 3.8) is 0 Å². The molecule has 0 fully saturated rings. The number of amides is 1. The molecule has 1 aliphatic carbocycles. The normalized spacial score (nSPS) is 13.2. The summed E-state index contributed by atoms with van der Waals surface area (Å²) in [4.78, 5) is 15.4. The average Bonchev–Trinajstić information content (AvgIpc) is 2.96. The number of thiophene rings is 1. The fourth-order valence-corrected chi connectivity index (χ4v) is 3.39. The quantitative estimate of drug-likeness (QED) is 0.447. The number of carbonyl (C=O) groups is 1. The van der Waals surface area contributed by atoms with Crippen LogP contribution in [0.15, 0.2) is 6.07 Å². The predicted molar refractivity (Wildman–Crippen MR) is 85.2 cm³/mol. The summed E-state index contributed by atoms with van der Waals surface area (Å²) in [5, 5.41) is 3.50.